The van der Waals surface area contributed by atoms with Crippen molar-refractivity contribution in [2.24, 2.45) is 0 Å². The normalized spacial score (nSPS) is 11.6. The number of hydrogen-bond donors (Lipinski definition) is 1. The molecule has 5 rings (SSSR count). The molecular weight excluding hydrogens is 476 g/mol. The summed E-state index contributed by atoms with van der Waals surface area (Å²) in [5.74, 6) is 0.774. The van der Waals surface area contributed by atoms with Crippen LogP contribution in [0.5, 0.6) is 0 Å². The maximum Gasteiger partial charge on any atom is 0.269 e. The number of para-hydroxylation sites is 1. The second kappa shape index (κ2) is 11.2. The van der Waals surface area contributed by atoms with Gasteiger partial charge in [0.1, 0.15) is 0 Å². The molecule has 0 aliphatic carbocycles. The molecule has 0 saturated carbocycles. The highest BCUT2D eigenvalue weighted by atomic mass is 28.3. The van der Waals surface area contributed by atoms with E-state index in [-0.39, 0.29) is 0 Å². The third-order valence-electron chi connectivity index (χ3n) is 7.30. The van der Waals surface area contributed by atoms with Crippen LogP contribution in [0.3, 0.4) is 0 Å². The molecule has 1 N–H and O–H groups in total. The van der Waals surface area contributed by atoms with E-state index in [0.717, 1.165) is 16.6 Å². The molecule has 190 valence electrons. The summed E-state index contributed by atoms with van der Waals surface area (Å²) in [6.07, 6.45) is 0. The van der Waals surface area contributed by atoms with E-state index >= 15 is 0 Å². The smallest absolute Gasteiger partial charge is 0.269 e. The molecule has 5 aromatic rings. The lowest BCUT2D eigenvalue weighted by Crippen LogP contribution is -2.73. The van der Waals surface area contributed by atoms with Crippen molar-refractivity contribution in [1.29, 1.82) is 0 Å². The van der Waals surface area contributed by atoms with Crippen LogP contribution < -0.4 is 20.7 Å². The van der Waals surface area contributed by atoms with Crippen molar-refractivity contribution >= 4 is 29.6 Å². The fourth-order valence-electron chi connectivity index (χ4n) is 5.34. The van der Waals surface area contributed by atoms with E-state index < -0.39 is 8.24 Å². The summed E-state index contributed by atoms with van der Waals surface area (Å²) in [5, 5.41) is 3.68. The molecular formula is C35H36N2Si. The van der Waals surface area contributed by atoms with Crippen LogP contribution in [-0.4, -0.2) is 13.2 Å². The van der Waals surface area contributed by atoms with Gasteiger partial charge in [-0.25, -0.2) is 0 Å². The Morgan fingerprint density at radius 1 is 0.526 bits per heavy atom. The lowest BCUT2D eigenvalue weighted by Gasteiger charge is -2.36. The minimum Gasteiger partial charge on any atom is -0.399 e. The lowest BCUT2D eigenvalue weighted by atomic mass is 9.93. The Morgan fingerprint density at radius 2 is 1.00 bits per heavy atom. The number of hydrogen-bond acceptors (Lipinski definition) is 2. The van der Waals surface area contributed by atoms with Crippen molar-refractivity contribution in [1.82, 2.24) is 4.98 Å². The number of anilines is 1. The minimum atomic E-state index is -2.84. The van der Waals surface area contributed by atoms with Crippen molar-refractivity contribution in [3.63, 3.8) is 0 Å². The first-order chi connectivity index (χ1) is 18.5. The third-order valence-corrected chi connectivity index (χ3v) is 11.4. The Bertz CT molecular complexity index is 1410. The standard InChI is InChI=1S/C35H36N2Si/c1-26(2)31-22-14-23-32(27(3)4)35(31)37-38(29-18-10-6-11-19-29,30-20-12-7-13-21-30)34-25-15-24-33(36-34)28-16-8-5-9-17-28/h5-27,37H,1-4H3. The molecule has 0 fully saturated rings. The van der Waals surface area contributed by atoms with Gasteiger partial charge in [-0.1, -0.05) is 143 Å². The molecule has 4 aromatic carbocycles. The maximum atomic E-state index is 5.41. The zero-order valence-corrected chi connectivity index (χ0v) is 23.7. The minimum absolute atomic E-state index is 0.387. The van der Waals surface area contributed by atoms with E-state index in [1.807, 2.05) is 0 Å². The van der Waals surface area contributed by atoms with Crippen LogP contribution in [-0.2, 0) is 0 Å². The largest absolute Gasteiger partial charge is 0.399 e. The van der Waals surface area contributed by atoms with Gasteiger partial charge >= 0.3 is 0 Å². The van der Waals surface area contributed by atoms with Crippen molar-refractivity contribution in [3.05, 3.63) is 139 Å². The fourth-order valence-corrected chi connectivity index (χ4v) is 9.37. The molecule has 0 atom stereocenters. The summed E-state index contributed by atoms with van der Waals surface area (Å²) in [7, 11) is -2.84. The van der Waals surface area contributed by atoms with E-state index in [4.69, 9.17) is 4.98 Å². The molecule has 0 bridgehead atoms. The number of rotatable bonds is 8. The number of nitrogens with one attached hydrogen (secondary N) is 1. The van der Waals surface area contributed by atoms with Crippen molar-refractivity contribution in [2.75, 3.05) is 4.98 Å². The zero-order chi connectivity index (χ0) is 26.5. The Balaban J connectivity index is 1.84. The SMILES string of the molecule is CC(C)c1cccc(C(C)C)c1N[Si](c1ccccc1)(c1ccccc1)c1cccc(-c2ccccc2)n1. The quantitative estimate of drug-likeness (QED) is 0.225. The molecule has 1 heterocycles. The molecule has 3 heteroatoms. The number of aromatic nitrogens is 1. The first-order valence-electron chi connectivity index (χ1n) is 13.6. The molecule has 2 nitrogen and oxygen atoms in total. The highest BCUT2D eigenvalue weighted by molar-refractivity contribution is 7.13. The molecule has 38 heavy (non-hydrogen) atoms. The van der Waals surface area contributed by atoms with Crippen molar-refractivity contribution in [3.8, 4) is 11.3 Å². The van der Waals surface area contributed by atoms with Gasteiger partial charge in [0.2, 0.25) is 0 Å². The van der Waals surface area contributed by atoms with Crippen LogP contribution >= 0.6 is 0 Å². The molecule has 0 amide bonds. The second-order valence-electron chi connectivity index (χ2n) is 10.5. The average molecular weight is 513 g/mol. The molecule has 0 spiro atoms. The summed E-state index contributed by atoms with van der Waals surface area (Å²) in [5.41, 5.74) is 6.07. The summed E-state index contributed by atoms with van der Waals surface area (Å²) in [6, 6.07) is 45.7. The Hall–Kier alpha value is -3.95. The molecule has 0 saturated heterocycles. The number of pyridine rings is 1. The second-order valence-corrected chi connectivity index (χ2v) is 13.9. The Labute approximate surface area is 228 Å². The number of nitrogens with zero attached hydrogens (tertiary/aromatic N) is 1. The first-order valence-corrected chi connectivity index (χ1v) is 15.6. The van der Waals surface area contributed by atoms with Gasteiger partial charge in [-0.2, -0.15) is 0 Å². The number of benzene rings is 4. The van der Waals surface area contributed by atoms with Gasteiger partial charge in [-0.15, -0.1) is 0 Å². The predicted octanol–water partition coefficient (Wildman–Crippen LogP) is 7.07. The fraction of sp³-hybridized carbons (Fsp3) is 0.171. The predicted molar refractivity (Wildman–Crippen MR) is 165 cm³/mol. The van der Waals surface area contributed by atoms with E-state index in [1.165, 1.54) is 27.2 Å². The van der Waals surface area contributed by atoms with Crippen LogP contribution in [0.25, 0.3) is 11.3 Å². The van der Waals surface area contributed by atoms with E-state index in [9.17, 15) is 0 Å². The molecule has 0 unspecified atom stereocenters. The first kappa shape index (κ1) is 25.7. The Kier molecular flexibility index (Phi) is 7.57. The maximum absolute atomic E-state index is 5.41. The average Bonchev–Trinajstić information content (AvgIpc) is 2.97. The molecule has 0 aliphatic heterocycles. The van der Waals surface area contributed by atoms with Gasteiger partial charge in [0.05, 0.1) is 11.0 Å². The van der Waals surface area contributed by atoms with Gasteiger partial charge in [0, 0.05) is 11.3 Å². The van der Waals surface area contributed by atoms with Gasteiger partial charge in [-0.05, 0) is 45.5 Å². The summed E-state index contributed by atoms with van der Waals surface area (Å²) < 4.78 is 0. The van der Waals surface area contributed by atoms with Gasteiger partial charge < -0.3 is 4.98 Å². The lowest BCUT2D eigenvalue weighted by molar-refractivity contribution is 0.839. The van der Waals surface area contributed by atoms with Gasteiger partial charge in [0.15, 0.2) is 0 Å². The van der Waals surface area contributed by atoms with Crippen LogP contribution in [0, 0.1) is 0 Å². The van der Waals surface area contributed by atoms with Crippen LogP contribution in [0.2, 0.25) is 0 Å². The summed E-state index contributed by atoms with van der Waals surface area (Å²) in [6.45, 7) is 9.14. The molecule has 0 radical (unpaired) electrons. The highest BCUT2D eigenvalue weighted by Gasteiger charge is 2.43. The zero-order valence-electron chi connectivity index (χ0n) is 22.7. The van der Waals surface area contributed by atoms with Crippen LogP contribution in [0.4, 0.5) is 5.69 Å². The third kappa shape index (κ3) is 4.94. The van der Waals surface area contributed by atoms with Gasteiger partial charge in [0.25, 0.3) is 8.24 Å². The van der Waals surface area contributed by atoms with E-state index in [1.54, 1.807) is 0 Å². The summed E-state index contributed by atoms with van der Waals surface area (Å²) >= 11 is 0. The van der Waals surface area contributed by atoms with Crippen molar-refractivity contribution in [2.45, 2.75) is 39.5 Å². The summed E-state index contributed by atoms with van der Waals surface area (Å²) in [4.78, 5) is 9.71. The van der Waals surface area contributed by atoms with Crippen LogP contribution in [0.1, 0.15) is 50.7 Å². The monoisotopic (exact) mass is 512 g/mol. The Morgan fingerprint density at radius 3 is 1.50 bits per heavy atom. The topological polar surface area (TPSA) is 24.9 Å². The molecule has 1 aromatic heterocycles. The van der Waals surface area contributed by atoms with Crippen molar-refractivity contribution < 1.29 is 0 Å². The van der Waals surface area contributed by atoms with E-state index in [0.29, 0.717) is 11.8 Å². The highest BCUT2D eigenvalue weighted by Crippen LogP contribution is 2.34. The van der Waals surface area contributed by atoms with Crippen LogP contribution in [0.15, 0.2) is 127 Å². The van der Waals surface area contributed by atoms with Gasteiger partial charge in [-0.3, -0.25) is 4.98 Å². The molecule has 0 aliphatic rings. The van der Waals surface area contributed by atoms with E-state index in [2.05, 4.69) is 160 Å².